The molecule has 1 heterocycles. The molecular weight excluding hydrogens is 276 g/mol. The van der Waals surface area contributed by atoms with Crippen LogP contribution in [0, 0.1) is 11.3 Å². The number of carbonyl (C=O) groups excluding carboxylic acids is 1. The Morgan fingerprint density at radius 2 is 2.14 bits per heavy atom. The maximum Gasteiger partial charge on any atom is 0.251 e. The second-order valence-electron chi connectivity index (χ2n) is 5.43. The minimum absolute atomic E-state index is 0.0862. The summed E-state index contributed by atoms with van der Waals surface area (Å²) in [6.45, 7) is 0.500. The third kappa shape index (κ3) is 3.54. The summed E-state index contributed by atoms with van der Waals surface area (Å²) in [5.74, 6) is -0.168. The molecule has 0 radical (unpaired) electrons. The van der Waals surface area contributed by atoms with Crippen LogP contribution in [0.25, 0.3) is 0 Å². The summed E-state index contributed by atoms with van der Waals surface area (Å²) in [4.78, 5) is 14.3. The molecule has 0 aliphatic rings. The first kappa shape index (κ1) is 15.8. The first-order valence-corrected chi connectivity index (χ1v) is 7.09. The lowest BCUT2D eigenvalue weighted by molar-refractivity contribution is 0.0941. The lowest BCUT2D eigenvalue weighted by atomic mass is 10.1. The van der Waals surface area contributed by atoms with Crippen LogP contribution in [0.4, 0.5) is 0 Å². The highest BCUT2D eigenvalue weighted by Gasteiger charge is 2.18. The van der Waals surface area contributed by atoms with E-state index in [-0.39, 0.29) is 11.9 Å². The molecule has 1 unspecified atom stereocenters. The molecule has 0 spiro atoms. The maximum absolute atomic E-state index is 12.2. The molecule has 1 aromatic heterocycles. The van der Waals surface area contributed by atoms with Gasteiger partial charge in [0.1, 0.15) is 0 Å². The van der Waals surface area contributed by atoms with Gasteiger partial charge in [0, 0.05) is 31.0 Å². The topological polar surface area (TPSA) is 61.1 Å². The lowest BCUT2D eigenvalue weighted by Crippen LogP contribution is -2.35. The van der Waals surface area contributed by atoms with Crippen molar-refractivity contribution in [3.05, 3.63) is 59.4 Å². The van der Waals surface area contributed by atoms with Crippen molar-refractivity contribution in [3.63, 3.8) is 0 Å². The van der Waals surface area contributed by atoms with E-state index in [1.165, 1.54) is 0 Å². The molecule has 0 saturated heterocycles. The fourth-order valence-electron chi connectivity index (χ4n) is 2.39. The van der Waals surface area contributed by atoms with E-state index in [0.29, 0.717) is 17.7 Å². The van der Waals surface area contributed by atoms with Crippen LogP contribution in [0.3, 0.4) is 0 Å². The molecule has 1 atom stereocenters. The van der Waals surface area contributed by atoms with Gasteiger partial charge in [-0.3, -0.25) is 9.69 Å². The number of hydrogen-bond donors (Lipinski definition) is 1. The molecule has 5 heteroatoms. The van der Waals surface area contributed by atoms with Crippen molar-refractivity contribution in [1.82, 2.24) is 14.8 Å². The zero-order valence-corrected chi connectivity index (χ0v) is 13.1. The van der Waals surface area contributed by atoms with Gasteiger partial charge in [0.15, 0.2) is 0 Å². The molecule has 0 aliphatic heterocycles. The van der Waals surface area contributed by atoms with E-state index in [1.807, 2.05) is 50.1 Å². The molecule has 0 aliphatic carbocycles. The van der Waals surface area contributed by atoms with E-state index in [0.717, 1.165) is 5.69 Å². The fourth-order valence-corrected chi connectivity index (χ4v) is 2.39. The summed E-state index contributed by atoms with van der Waals surface area (Å²) < 4.78 is 2.05. The van der Waals surface area contributed by atoms with Crippen LogP contribution in [0.2, 0.25) is 0 Å². The first-order valence-electron chi connectivity index (χ1n) is 7.09. The van der Waals surface area contributed by atoms with Crippen LogP contribution >= 0.6 is 0 Å². The van der Waals surface area contributed by atoms with Crippen LogP contribution in [-0.4, -0.2) is 36.0 Å². The number of benzene rings is 1. The Bertz CT molecular complexity index is 697. The molecular formula is C17H20N4O. The van der Waals surface area contributed by atoms with Gasteiger partial charge in [-0.15, -0.1) is 0 Å². The van der Waals surface area contributed by atoms with E-state index < -0.39 is 0 Å². The van der Waals surface area contributed by atoms with E-state index in [4.69, 9.17) is 5.26 Å². The van der Waals surface area contributed by atoms with Gasteiger partial charge in [0.05, 0.1) is 17.7 Å². The molecule has 2 rings (SSSR count). The Morgan fingerprint density at radius 1 is 1.36 bits per heavy atom. The van der Waals surface area contributed by atoms with Crippen molar-refractivity contribution in [3.8, 4) is 6.07 Å². The highest BCUT2D eigenvalue weighted by atomic mass is 16.1. The smallest absolute Gasteiger partial charge is 0.251 e. The normalized spacial score (nSPS) is 12.0. The molecule has 114 valence electrons. The van der Waals surface area contributed by atoms with Crippen molar-refractivity contribution >= 4 is 5.91 Å². The molecule has 2 aromatic rings. The largest absolute Gasteiger partial charge is 0.353 e. The van der Waals surface area contributed by atoms with E-state index >= 15 is 0 Å². The van der Waals surface area contributed by atoms with Crippen molar-refractivity contribution in [1.29, 1.82) is 5.26 Å². The number of amides is 1. The zero-order chi connectivity index (χ0) is 16.1. The van der Waals surface area contributed by atoms with E-state index in [1.54, 1.807) is 24.3 Å². The standard InChI is InChI=1S/C17H20N4O/c1-20(2)16(15-8-5-9-21(15)3)12-19-17(22)14-7-4-6-13(10-14)11-18/h4-10,16H,12H2,1-3H3,(H,19,22). The number of nitrogens with one attached hydrogen (secondary N) is 1. The number of nitriles is 1. The SMILES string of the molecule is CN(C)C(CNC(=O)c1cccc(C#N)c1)c1cccn1C. The average Bonchev–Trinajstić information content (AvgIpc) is 2.93. The highest BCUT2D eigenvalue weighted by Crippen LogP contribution is 2.17. The van der Waals surface area contributed by atoms with Crippen LogP contribution < -0.4 is 5.32 Å². The Hall–Kier alpha value is -2.58. The minimum atomic E-state index is -0.168. The monoisotopic (exact) mass is 296 g/mol. The Labute approximate surface area is 130 Å². The van der Waals surface area contributed by atoms with Gasteiger partial charge < -0.3 is 9.88 Å². The third-order valence-corrected chi connectivity index (χ3v) is 3.66. The second-order valence-corrected chi connectivity index (χ2v) is 5.43. The number of nitrogens with zero attached hydrogens (tertiary/aromatic N) is 3. The van der Waals surface area contributed by atoms with Crippen molar-refractivity contribution < 1.29 is 4.79 Å². The van der Waals surface area contributed by atoms with Crippen LogP contribution in [0.5, 0.6) is 0 Å². The first-order chi connectivity index (χ1) is 10.5. The highest BCUT2D eigenvalue weighted by molar-refractivity contribution is 5.94. The molecule has 0 fully saturated rings. The third-order valence-electron chi connectivity index (χ3n) is 3.66. The zero-order valence-electron chi connectivity index (χ0n) is 13.1. The average molecular weight is 296 g/mol. The Morgan fingerprint density at radius 3 is 2.73 bits per heavy atom. The molecule has 0 saturated carbocycles. The summed E-state index contributed by atoms with van der Waals surface area (Å²) in [7, 11) is 5.96. The summed E-state index contributed by atoms with van der Waals surface area (Å²) in [5.41, 5.74) is 2.12. The molecule has 1 amide bonds. The summed E-state index contributed by atoms with van der Waals surface area (Å²) in [6, 6.07) is 12.9. The number of aromatic nitrogens is 1. The predicted octanol–water partition coefficient (Wildman–Crippen LogP) is 1.93. The number of aryl methyl sites for hydroxylation is 1. The van der Waals surface area contributed by atoms with Gasteiger partial charge in [0.25, 0.3) is 5.91 Å². The number of hydrogen-bond acceptors (Lipinski definition) is 3. The number of rotatable bonds is 5. The van der Waals surface area contributed by atoms with Gasteiger partial charge in [-0.05, 0) is 44.4 Å². The van der Waals surface area contributed by atoms with Crippen molar-refractivity contribution in [2.75, 3.05) is 20.6 Å². The number of likely N-dealkylation sites (N-methyl/N-ethyl adjacent to an activating group) is 1. The van der Waals surface area contributed by atoms with Gasteiger partial charge in [-0.1, -0.05) is 6.07 Å². The van der Waals surface area contributed by atoms with Gasteiger partial charge in [-0.2, -0.15) is 5.26 Å². The van der Waals surface area contributed by atoms with Crippen molar-refractivity contribution in [2.24, 2.45) is 7.05 Å². The molecule has 1 aromatic carbocycles. The molecule has 0 bridgehead atoms. The maximum atomic E-state index is 12.2. The molecule has 22 heavy (non-hydrogen) atoms. The van der Waals surface area contributed by atoms with Crippen LogP contribution in [0.1, 0.15) is 27.7 Å². The van der Waals surface area contributed by atoms with Gasteiger partial charge >= 0.3 is 0 Å². The van der Waals surface area contributed by atoms with Gasteiger partial charge in [0.2, 0.25) is 0 Å². The second kappa shape index (κ2) is 6.92. The quantitative estimate of drug-likeness (QED) is 0.917. The summed E-state index contributed by atoms with van der Waals surface area (Å²) in [5, 5.41) is 11.8. The van der Waals surface area contributed by atoms with E-state index in [9.17, 15) is 4.79 Å². The Balaban J connectivity index is 2.08. The van der Waals surface area contributed by atoms with E-state index in [2.05, 4.69) is 10.2 Å². The Kier molecular flexibility index (Phi) is 4.97. The van der Waals surface area contributed by atoms with Crippen LogP contribution in [-0.2, 0) is 7.05 Å². The molecule has 1 N–H and O–H groups in total. The lowest BCUT2D eigenvalue weighted by Gasteiger charge is -2.25. The summed E-state index contributed by atoms with van der Waals surface area (Å²) >= 11 is 0. The molecule has 5 nitrogen and oxygen atoms in total. The fraction of sp³-hybridized carbons (Fsp3) is 0.294. The number of carbonyl (C=O) groups is 1. The minimum Gasteiger partial charge on any atom is -0.353 e. The van der Waals surface area contributed by atoms with Crippen molar-refractivity contribution in [2.45, 2.75) is 6.04 Å². The predicted molar refractivity (Wildman–Crippen MR) is 85.3 cm³/mol. The summed E-state index contributed by atoms with van der Waals surface area (Å²) in [6.07, 6.45) is 1.99. The van der Waals surface area contributed by atoms with Gasteiger partial charge in [-0.25, -0.2) is 0 Å². The van der Waals surface area contributed by atoms with Crippen LogP contribution in [0.15, 0.2) is 42.6 Å².